The predicted molar refractivity (Wildman–Crippen MR) is 96.0 cm³/mol. The molecular weight excluding hydrogens is 300 g/mol. The third-order valence-corrected chi connectivity index (χ3v) is 4.38. The zero-order valence-electron chi connectivity index (χ0n) is 14.0. The first-order valence-corrected chi connectivity index (χ1v) is 8.63. The second-order valence-electron chi connectivity index (χ2n) is 6.53. The number of rotatable bonds is 7. The molecule has 1 aliphatic heterocycles. The van der Waals surface area contributed by atoms with Gasteiger partial charge >= 0.3 is 0 Å². The summed E-state index contributed by atoms with van der Waals surface area (Å²) in [6.45, 7) is 3.58. The van der Waals surface area contributed by atoms with Gasteiger partial charge in [-0.05, 0) is 42.6 Å². The third-order valence-electron chi connectivity index (χ3n) is 4.38. The van der Waals surface area contributed by atoms with Gasteiger partial charge in [0.2, 0.25) is 0 Å². The van der Waals surface area contributed by atoms with Crippen molar-refractivity contribution in [3.8, 4) is 5.75 Å². The first-order valence-electron chi connectivity index (χ1n) is 8.63. The Balaban J connectivity index is 1.48. The third kappa shape index (κ3) is 5.06. The Kier molecular flexibility index (Phi) is 5.86. The Morgan fingerprint density at radius 2 is 1.92 bits per heavy atom. The summed E-state index contributed by atoms with van der Waals surface area (Å²) in [4.78, 5) is 0. The minimum Gasteiger partial charge on any atom is -0.489 e. The van der Waals surface area contributed by atoms with E-state index in [9.17, 15) is 5.11 Å². The number of β-amino-alcohol motifs (C(OH)–C–C–N with tert-alkyl or cyclic N) is 1. The van der Waals surface area contributed by atoms with Gasteiger partial charge in [0.25, 0.3) is 0 Å². The van der Waals surface area contributed by atoms with E-state index in [0.717, 1.165) is 42.8 Å². The maximum Gasteiger partial charge on any atom is 0.120 e. The first-order chi connectivity index (χ1) is 11.7. The Morgan fingerprint density at radius 1 is 1.08 bits per heavy atom. The summed E-state index contributed by atoms with van der Waals surface area (Å²) < 4.78 is 5.86. The lowest BCUT2D eigenvalue weighted by Crippen LogP contribution is -2.51. The van der Waals surface area contributed by atoms with Gasteiger partial charge in [0.1, 0.15) is 12.4 Å². The number of ether oxygens (including phenoxy) is 1. The van der Waals surface area contributed by atoms with Crippen LogP contribution >= 0.6 is 0 Å². The maximum atomic E-state index is 10.5. The second kappa shape index (κ2) is 8.29. The van der Waals surface area contributed by atoms with Crippen LogP contribution in [0, 0.1) is 0 Å². The molecule has 3 rings (SSSR count). The SMILES string of the molecule is OC1(CNCc2cccc(OCc3ccccc3)c2)CCCNC1. The zero-order chi connectivity index (χ0) is 16.7. The van der Waals surface area contributed by atoms with Crippen LogP contribution in [-0.2, 0) is 13.2 Å². The van der Waals surface area contributed by atoms with Crippen LogP contribution in [0.1, 0.15) is 24.0 Å². The number of hydrogen-bond donors (Lipinski definition) is 3. The minimum absolute atomic E-state index is 0.573. The quantitative estimate of drug-likeness (QED) is 0.732. The molecule has 2 aromatic rings. The lowest BCUT2D eigenvalue weighted by Gasteiger charge is -2.32. The van der Waals surface area contributed by atoms with E-state index in [1.807, 2.05) is 30.3 Å². The van der Waals surface area contributed by atoms with Crippen molar-refractivity contribution in [3.63, 3.8) is 0 Å². The molecule has 4 nitrogen and oxygen atoms in total. The number of benzene rings is 2. The Morgan fingerprint density at radius 3 is 2.71 bits per heavy atom. The Hall–Kier alpha value is -1.88. The monoisotopic (exact) mass is 326 g/mol. The largest absolute Gasteiger partial charge is 0.489 e. The molecule has 0 amide bonds. The van der Waals surface area contributed by atoms with Gasteiger partial charge in [0, 0.05) is 19.6 Å². The van der Waals surface area contributed by atoms with Gasteiger partial charge in [0.15, 0.2) is 0 Å². The molecule has 0 radical (unpaired) electrons. The van der Waals surface area contributed by atoms with E-state index in [0.29, 0.717) is 19.7 Å². The van der Waals surface area contributed by atoms with E-state index in [2.05, 4.69) is 34.9 Å². The van der Waals surface area contributed by atoms with Gasteiger partial charge in [-0.1, -0.05) is 42.5 Å². The molecule has 1 heterocycles. The van der Waals surface area contributed by atoms with Crippen LogP contribution in [0.2, 0.25) is 0 Å². The Bertz CT molecular complexity index is 625. The van der Waals surface area contributed by atoms with Crippen LogP contribution in [0.4, 0.5) is 0 Å². The summed E-state index contributed by atoms with van der Waals surface area (Å²) >= 11 is 0. The van der Waals surface area contributed by atoms with Crippen LogP contribution in [-0.4, -0.2) is 30.3 Å². The van der Waals surface area contributed by atoms with Gasteiger partial charge in [0.05, 0.1) is 5.60 Å². The van der Waals surface area contributed by atoms with Crippen molar-refractivity contribution in [1.82, 2.24) is 10.6 Å². The molecule has 0 saturated carbocycles. The highest BCUT2D eigenvalue weighted by atomic mass is 16.5. The fourth-order valence-electron chi connectivity index (χ4n) is 3.03. The van der Waals surface area contributed by atoms with Gasteiger partial charge in [-0.15, -0.1) is 0 Å². The fraction of sp³-hybridized carbons (Fsp3) is 0.400. The average Bonchev–Trinajstić information content (AvgIpc) is 2.62. The number of aliphatic hydroxyl groups is 1. The molecule has 0 aliphatic carbocycles. The molecule has 3 N–H and O–H groups in total. The number of nitrogens with one attached hydrogen (secondary N) is 2. The molecule has 1 fully saturated rings. The highest BCUT2D eigenvalue weighted by Gasteiger charge is 2.28. The van der Waals surface area contributed by atoms with Crippen LogP contribution in [0.5, 0.6) is 5.75 Å². The number of hydrogen-bond acceptors (Lipinski definition) is 4. The second-order valence-corrected chi connectivity index (χ2v) is 6.53. The minimum atomic E-state index is -0.625. The van der Waals surface area contributed by atoms with Gasteiger partial charge < -0.3 is 20.5 Å². The summed E-state index contributed by atoms with van der Waals surface area (Å²) in [5, 5.41) is 17.1. The van der Waals surface area contributed by atoms with Crippen molar-refractivity contribution in [2.75, 3.05) is 19.6 Å². The van der Waals surface area contributed by atoms with Crippen LogP contribution in [0.15, 0.2) is 54.6 Å². The van der Waals surface area contributed by atoms with Gasteiger partial charge in [-0.2, -0.15) is 0 Å². The van der Waals surface area contributed by atoms with Crippen molar-refractivity contribution < 1.29 is 9.84 Å². The topological polar surface area (TPSA) is 53.5 Å². The van der Waals surface area contributed by atoms with Gasteiger partial charge in [-0.25, -0.2) is 0 Å². The molecular formula is C20H26N2O2. The van der Waals surface area contributed by atoms with Crippen LogP contribution < -0.4 is 15.4 Å². The highest BCUT2D eigenvalue weighted by molar-refractivity contribution is 5.29. The van der Waals surface area contributed by atoms with Crippen molar-refractivity contribution in [2.24, 2.45) is 0 Å². The highest BCUT2D eigenvalue weighted by Crippen LogP contribution is 2.17. The van der Waals surface area contributed by atoms with Crippen molar-refractivity contribution in [3.05, 3.63) is 65.7 Å². The van der Waals surface area contributed by atoms with Crippen molar-refractivity contribution in [1.29, 1.82) is 0 Å². The molecule has 2 aromatic carbocycles. The summed E-state index contributed by atoms with van der Waals surface area (Å²) in [5.74, 6) is 0.871. The van der Waals surface area contributed by atoms with E-state index >= 15 is 0 Å². The molecule has 24 heavy (non-hydrogen) atoms. The first kappa shape index (κ1) is 17.0. The maximum absolute atomic E-state index is 10.5. The average molecular weight is 326 g/mol. The van der Waals surface area contributed by atoms with E-state index in [1.165, 1.54) is 0 Å². The lowest BCUT2D eigenvalue weighted by atomic mass is 9.94. The summed E-state index contributed by atoms with van der Waals surface area (Å²) in [7, 11) is 0. The molecule has 0 aromatic heterocycles. The fourth-order valence-corrected chi connectivity index (χ4v) is 3.03. The summed E-state index contributed by atoms with van der Waals surface area (Å²) in [6.07, 6.45) is 1.88. The molecule has 1 saturated heterocycles. The Labute approximate surface area is 143 Å². The molecule has 1 aliphatic rings. The smallest absolute Gasteiger partial charge is 0.120 e. The van der Waals surface area contributed by atoms with Crippen LogP contribution in [0.25, 0.3) is 0 Å². The standard InChI is InChI=1S/C20H26N2O2/c23-20(10-5-11-21-15-20)16-22-13-18-8-4-9-19(12-18)24-14-17-6-2-1-3-7-17/h1-4,6-9,12,21-23H,5,10-11,13-16H2. The molecule has 0 bridgehead atoms. The molecule has 4 heteroatoms. The van der Waals surface area contributed by atoms with E-state index in [-0.39, 0.29) is 0 Å². The van der Waals surface area contributed by atoms with E-state index in [1.54, 1.807) is 0 Å². The zero-order valence-corrected chi connectivity index (χ0v) is 14.0. The number of piperidine rings is 1. The molecule has 1 atom stereocenters. The van der Waals surface area contributed by atoms with Crippen molar-refractivity contribution >= 4 is 0 Å². The van der Waals surface area contributed by atoms with Crippen LogP contribution in [0.3, 0.4) is 0 Å². The summed E-state index contributed by atoms with van der Waals surface area (Å²) in [6, 6.07) is 18.3. The van der Waals surface area contributed by atoms with E-state index < -0.39 is 5.60 Å². The van der Waals surface area contributed by atoms with Crippen molar-refractivity contribution in [2.45, 2.75) is 31.6 Å². The molecule has 1 unspecified atom stereocenters. The molecule has 0 spiro atoms. The summed E-state index contributed by atoms with van der Waals surface area (Å²) in [5.41, 5.74) is 1.70. The van der Waals surface area contributed by atoms with Gasteiger partial charge in [-0.3, -0.25) is 0 Å². The molecule has 128 valence electrons. The van der Waals surface area contributed by atoms with E-state index in [4.69, 9.17) is 4.74 Å². The predicted octanol–water partition coefficient (Wildman–Crippen LogP) is 2.47. The lowest BCUT2D eigenvalue weighted by molar-refractivity contribution is 0.0169. The normalized spacial score (nSPS) is 20.7.